The van der Waals surface area contributed by atoms with E-state index in [2.05, 4.69) is 16.0 Å². The van der Waals surface area contributed by atoms with Gasteiger partial charge in [0.1, 0.15) is 6.61 Å². The summed E-state index contributed by atoms with van der Waals surface area (Å²) in [5, 5.41) is 7.59. The summed E-state index contributed by atoms with van der Waals surface area (Å²) in [6, 6.07) is 4.80. The Hall–Kier alpha value is -3.43. The Labute approximate surface area is 186 Å². The third-order valence-corrected chi connectivity index (χ3v) is 5.12. The van der Waals surface area contributed by atoms with Crippen molar-refractivity contribution in [2.24, 2.45) is 11.3 Å². The lowest BCUT2D eigenvalue weighted by molar-refractivity contribution is -0.157. The van der Waals surface area contributed by atoms with Gasteiger partial charge in [0.2, 0.25) is 23.6 Å². The van der Waals surface area contributed by atoms with Gasteiger partial charge in [-0.1, -0.05) is 13.0 Å². The maximum absolute atomic E-state index is 12.7. The lowest BCUT2D eigenvalue weighted by Crippen LogP contribution is -2.44. The summed E-state index contributed by atoms with van der Waals surface area (Å²) in [4.78, 5) is 61.0. The van der Waals surface area contributed by atoms with Gasteiger partial charge in [-0.3, -0.25) is 24.0 Å². The van der Waals surface area contributed by atoms with Gasteiger partial charge in [-0.05, 0) is 44.9 Å². The molecule has 1 heterocycles. The molecule has 0 fully saturated rings. The summed E-state index contributed by atoms with van der Waals surface area (Å²) >= 11 is 0. The molecule has 10 heteroatoms. The highest BCUT2D eigenvalue weighted by molar-refractivity contribution is 6.19. The predicted octanol–water partition coefficient (Wildman–Crippen LogP) is 1.39. The highest BCUT2D eigenvalue weighted by Gasteiger charge is 2.36. The normalized spacial score (nSPS) is 13.4. The van der Waals surface area contributed by atoms with Crippen LogP contribution in [0.15, 0.2) is 18.2 Å². The molecule has 1 atom stereocenters. The van der Waals surface area contributed by atoms with Crippen LogP contribution in [-0.2, 0) is 39.9 Å². The summed E-state index contributed by atoms with van der Waals surface area (Å²) in [5.41, 5.74) is 1.01. The SMILES string of the molecule is CCOC(=O)C(C(=O)NCCOC(=O)C(C)(C)CC)C(=O)Nc1ccc2c(c1)NC(=O)C2. The zero-order valence-electron chi connectivity index (χ0n) is 18.7. The summed E-state index contributed by atoms with van der Waals surface area (Å²) in [5.74, 6) is -5.06. The van der Waals surface area contributed by atoms with E-state index in [1.165, 1.54) is 0 Å². The van der Waals surface area contributed by atoms with Gasteiger partial charge in [0.05, 0.1) is 25.0 Å². The van der Waals surface area contributed by atoms with Gasteiger partial charge < -0.3 is 25.4 Å². The smallest absolute Gasteiger partial charge is 0.328 e. The Morgan fingerprint density at radius 3 is 2.50 bits per heavy atom. The Bertz CT molecular complexity index is 911. The summed E-state index contributed by atoms with van der Waals surface area (Å²) in [6.07, 6.45) is 0.840. The highest BCUT2D eigenvalue weighted by Crippen LogP contribution is 2.26. The van der Waals surface area contributed by atoms with Crippen LogP contribution in [0.4, 0.5) is 11.4 Å². The number of carbonyl (C=O) groups excluding carboxylic acids is 5. The number of amides is 3. The summed E-state index contributed by atoms with van der Waals surface area (Å²) in [6.45, 7) is 6.74. The van der Waals surface area contributed by atoms with Crippen LogP contribution in [0.1, 0.15) is 39.7 Å². The number of anilines is 2. The van der Waals surface area contributed by atoms with Crippen LogP contribution in [-0.4, -0.2) is 49.4 Å². The first-order valence-electron chi connectivity index (χ1n) is 10.4. The lowest BCUT2D eigenvalue weighted by Gasteiger charge is -2.20. The minimum Gasteiger partial charge on any atom is -0.465 e. The fourth-order valence-electron chi connectivity index (χ4n) is 2.82. The number of hydrogen-bond acceptors (Lipinski definition) is 7. The lowest BCUT2D eigenvalue weighted by atomic mass is 9.91. The third-order valence-electron chi connectivity index (χ3n) is 5.12. The van der Waals surface area contributed by atoms with E-state index < -0.39 is 35.1 Å². The van der Waals surface area contributed by atoms with Crippen molar-refractivity contribution in [3.05, 3.63) is 23.8 Å². The molecule has 2 rings (SSSR count). The summed E-state index contributed by atoms with van der Waals surface area (Å²) < 4.78 is 10.0. The van der Waals surface area contributed by atoms with Crippen LogP contribution < -0.4 is 16.0 Å². The average Bonchev–Trinajstić information content (AvgIpc) is 3.10. The molecular formula is C22H29N3O7. The maximum Gasteiger partial charge on any atom is 0.328 e. The highest BCUT2D eigenvalue weighted by atomic mass is 16.5. The van der Waals surface area contributed by atoms with Gasteiger partial charge in [0.25, 0.3) is 0 Å². The molecule has 0 aliphatic carbocycles. The van der Waals surface area contributed by atoms with Gasteiger partial charge in [-0.15, -0.1) is 0 Å². The minimum atomic E-state index is -1.75. The van der Waals surface area contributed by atoms with Crippen molar-refractivity contribution >= 4 is 41.0 Å². The van der Waals surface area contributed by atoms with Crippen LogP contribution >= 0.6 is 0 Å². The number of rotatable bonds is 10. The predicted molar refractivity (Wildman–Crippen MR) is 116 cm³/mol. The molecule has 0 spiro atoms. The molecule has 174 valence electrons. The topological polar surface area (TPSA) is 140 Å². The zero-order chi connectivity index (χ0) is 23.9. The second-order valence-corrected chi connectivity index (χ2v) is 7.94. The van der Waals surface area contributed by atoms with Crippen molar-refractivity contribution in [1.82, 2.24) is 5.32 Å². The first-order chi connectivity index (χ1) is 15.1. The second-order valence-electron chi connectivity index (χ2n) is 7.94. The number of hydrogen-bond donors (Lipinski definition) is 3. The molecule has 3 N–H and O–H groups in total. The Morgan fingerprint density at radius 1 is 1.12 bits per heavy atom. The molecule has 0 saturated heterocycles. The molecule has 0 radical (unpaired) electrons. The number of ether oxygens (including phenoxy) is 2. The Balaban J connectivity index is 1.99. The van der Waals surface area contributed by atoms with E-state index in [-0.39, 0.29) is 32.1 Å². The van der Waals surface area contributed by atoms with E-state index in [0.717, 1.165) is 5.56 Å². The van der Waals surface area contributed by atoms with Crippen molar-refractivity contribution in [1.29, 1.82) is 0 Å². The maximum atomic E-state index is 12.7. The fraction of sp³-hybridized carbons (Fsp3) is 0.500. The molecule has 10 nitrogen and oxygen atoms in total. The van der Waals surface area contributed by atoms with Crippen molar-refractivity contribution in [3.63, 3.8) is 0 Å². The molecule has 1 unspecified atom stereocenters. The molecule has 1 aliphatic heterocycles. The van der Waals surface area contributed by atoms with Crippen LogP contribution in [0.3, 0.4) is 0 Å². The van der Waals surface area contributed by atoms with Crippen molar-refractivity contribution in [2.45, 2.75) is 40.5 Å². The van der Waals surface area contributed by atoms with Gasteiger partial charge in [0.15, 0.2) is 0 Å². The molecule has 1 aliphatic rings. The monoisotopic (exact) mass is 447 g/mol. The van der Waals surface area contributed by atoms with E-state index in [0.29, 0.717) is 17.8 Å². The molecule has 1 aromatic rings. The van der Waals surface area contributed by atoms with E-state index in [4.69, 9.17) is 9.47 Å². The second kappa shape index (κ2) is 10.7. The number of fused-ring (bicyclic) bond motifs is 1. The molecular weight excluding hydrogens is 418 g/mol. The molecule has 3 amide bonds. The van der Waals surface area contributed by atoms with Crippen LogP contribution in [0, 0.1) is 11.3 Å². The van der Waals surface area contributed by atoms with Crippen molar-refractivity contribution in [2.75, 3.05) is 30.4 Å². The largest absolute Gasteiger partial charge is 0.465 e. The molecule has 0 aromatic heterocycles. The molecule has 32 heavy (non-hydrogen) atoms. The Morgan fingerprint density at radius 2 is 1.84 bits per heavy atom. The number of nitrogens with one attached hydrogen (secondary N) is 3. The molecule has 0 bridgehead atoms. The first kappa shape index (κ1) is 24.8. The van der Waals surface area contributed by atoms with Gasteiger partial charge in [-0.2, -0.15) is 0 Å². The fourth-order valence-corrected chi connectivity index (χ4v) is 2.82. The summed E-state index contributed by atoms with van der Waals surface area (Å²) in [7, 11) is 0. The quantitative estimate of drug-likeness (QED) is 0.280. The third kappa shape index (κ3) is 6.29. The van der Waals surface area contributed by atoms with E-state index in [1.807, 2.05) is 6.92 Å². The Kier molecular flexibility index (Phi) is 8.34. The number of carbonyl (C=O) groups is 5. The van der Waals surface area contributed by atoms with Crippen LogP contribution in [0.2, 0.25) is 0 Å². The molecule has 1 aromatic carbocycles. The van der Waals surface area contributed by atoms with Gasteiger partial charge in [-0.25, -0.2) is 0 Å². The minimum absolute atomic E-state index is 0.00944. The standard InChI is InChI=1S/C22H29N3O7/c1-5-22(3,4)21(30)32-10-9-23-18(27)17(20(29)31-6-2)19(28)24-14-8-7-13-11-16(26)25-15(13)12-14/h7-8,12,17H,5-6,9-11H2,1-4H3,(H,23,27)(H,24,28)(H,25,26). The van der Waals surface area contributed by atoms with Crippen LogP contribution in [0.25, 0.3) is 0 Å². The van der Waals surface area contributed by atoms with Crippen molar-refractivity contribution in [3.8, 4) is 0 Å². The van der Waals surface area contributed by atoms with E-state index in [9.17, 15) is 24.0 Å². The number of benzene rings is 1. The average molecular weight is 447 g/mol. The van der Waals surface area contributed by atoms with Gasteiger partial charge in [0, 0.05) is 11.4 Å². The van der Waals surface area contributed by atoms with Crippen LogP contribution in [0.5, 0.6) is 0 Å². The van der Waals surface area contributed by atoms with Crippen molar-refractivity contribution < 1.29 is 33.4 Å². The number of esters is 2. The molecule has 0 saturated carbocycles. The first-order valence-corrected chi connectivity index (χ1v) is 10.4. The van der Waals surface area contributed by atoms with E-state index >= 15 is 0 Å². The van der Waals surface area contributed by atoms with Gasteiger partial charge >= 0.3 is 11.9 Å². The zero-order valence-corrected chi connectivity index (χ0v) is 18.7. The van der Waals surface area contributed by atoms with E-state index in [1.54, 1.807) is 39.0 Å².